The summed E-state index contributed by atoms with van der Waals surface area (Å²) in [5.41, 5.74) is 2.34. The molecule has 0 unspecified atom stereocenters. The molecule has 1 amide bonds. The topological polar surface area (TPSA) is 46.1 Å². The molecule has 2 N–H and O–H groups in total. The smallest absolute Gasteiger partial charge is 0.221 e. The lowest BCUT2D eigenvalue weighted by atomic mass is 10.3. The summed E-state index contributed by atoms with van der Waals surface area (Å²) in [5, 5.41) is 6.15. The number of hydrogen-bond acceptors (Lipinski definition) is 2. The summed E-state index contributed by atoms with van der Waals surface area (Å²) < 4.78 is 2.09. The van der Waals surface area contributed by atoms with Crippen LogP contribution >= 0.6 is 0 Å². The van der Waals surface area contributed by atoms with Crippen LogP contribution in [0.5, 0.6) is 0 Å². The number of hydrogen-bond donors (Lipinski definition) is 2. The first kappa shape index (κ1) is 13.8. The summed E-state index contributed by atoms with van der Waals surface area (Å²) in [5.74, 6) is 0.0944. The van der Waals surface area contributed by atoms with E-state index in [4.69, 9.17) is 0 Å². The number of amides is 1. The van der Waals surface area contributed by atoms with Crippen LogP contribution in [0.1, 0.15) is 31.7 Å². The lowest BCUT2D eigenvalue weighted by molar-refractivity contribution is -0.121. The molecule has 0 aliphatic rings. The Hall–Kier alpha value is -1.29. The predicted molar refractivity (Wildman–Crippen MR) is 69.8 cm³/mol. The quantitative estimate of drug-likeness (QED) is 0.784. The first-order valence-corrected chi connectivity index (χ1v) is 6.12. The number of aromatic nitrogens is 1. The molecule has 0 atom stereocenters. The fraction of sp³-hybridized carbons (Fsp3) is 0.615. The molecule has 0 aliphatic carbocycles. The molecule has 0 bridgehead atoms. The first-order valence-electron chi connectivity index (χ1n) is 6.12. The summed E-state index contributed by atoms with van der Waals surface area (Å²) in [6, 6.07) is 4.53. The molecule has 0 fully saturated rings. The Morgan fingerprint density at radius 2 is 2.12 bits per heavy atom. The molecule has 1 aromatic heterocycles. The molecule has 4 nitrogen and oxygen atoms in total. The summed E-state index contributed by atoms with van der Waals surface area (Å²) in [6.45, 7) is 7.54. The van der Waals surface area contributed by atoms with E-state index in [0.717, 1.165) is 12.2 Å². The molecule has 0 aromatic carbocycles. The zero-order valence-corrected chi connectivity index (χ0v) is 11.2. The average Bonchev–Trinajstić information content (AvgIpc) is 2.57. The van der Waals surface area contributed by atoms with Crippen LogP contribution < -0.4 is 10.6 Å². The molecule has 0 radical (unpaired) electrons. The van der Waals surface area contributed by atoms with E-state index in [1.807, 2.05) is 13.1 Å². The molecule has 0 saturated heterocycles. The minimum atomic E-state index is 0.0944. The Labute approximate surface area is 103 Å². The van der Waals surface area contributed by atoms with Crippen molar-refractivity contribution in [3.05, 3.63) is 23.5 Å². The maximum atomic E-state index is 11.6. The van der Waals surface area contributed by atoms with Crippen LogP contribution in [0.4, 0.5) is 0 Å². The Bertz CT molecular complexity index is 369. The van der Waals surface area contributed by atoms with Gasteiger partial charge in [-0.1, -0.05) is 13.8 Å². The Kier molecular flexibility index (Phi) is 5.22. The van der Waals surface area contributed by atoms with Gasteiger partial charge in [-0.15, -0.1) is 0 Å². The lowest BCUT2D eigenvalue weighted by Crippen LogP contribution is -2.30. The van der Waals surface area contributed by atoms with Gasteiger partial charge in [0.1, 0.15) is 0 Å². The van der Waals surface area contributed by atoms with Crippen molar-refractivity contribution >= 4 is 5.91 Å². The average molecular weight is 237 g/mol. The molecule has 1 rings (SSSR count). The van der Waals surface area contributed by atoms with Gasteiger partial charge in [-0.05, 0) is 19.1 Å². The predicted octanol–water partition coefficient (Wildman–Crippen LogP) is 1.34. The second kappa shape index (κ2) is 6.45. The van der Waals surface area contributed by atoms with Gasteiger partial charge < -0.3 is 15.2 Å². The zero-order chi connectivity index (χ0) is 12.8. The fourth-order valence-corrected chi connectivity index (χ4v) is 1.60. The Morgan fingerprint density at radius 3 is 2.65 bits per heavy atom. The van der Waals surface area contributed by atoms with E-state index in [9.17, 15) is 4.79 Å². The molecule has 96 valence electrons. The summed E-state index contributed by atoms with van der Waals surface area (Å²) >= 11 is 0. The van der Waals surface area contributed by atoms with Crippen molar-refractivity contribution in [1.82, 2.24) is 15.2 Å². The first-order chi connectivity index (χ1) is 8.00. The van der Waals surface area contributed by atoms with Gasteiger partial charge in [0.2, 0.25) is 5.91 Å². The molecule has 1 heterocycles. The number of nitrogens with zero attached hydrogens (tertiary/aromatic N) is 1. The number of rotatable bonds is 6. The second-order valence-electron chi connectivity index (χ2n) is 4.66. The van der Waals surface area contributed by atoms with Gasteiger partial charge in [-0.2, -0.15) is 0 Å². The summed E-state index contributed by atoms with van der Waals surface area (Å²) in [6.07, 6.45) is 0.529. The molecule has 0 saturated carbocycles. The molecule has 0 spiro atoms. The van der Waals surface area contributed by atoms with E-state index in [1.165, 1.54) is 5.69 Å². The molecular formula is C13H23N3O. The molecular weight excluding hydrogens is 214 g/mol. The molecule has 17 heavy (non-hydrogen) atoms. The van der Waals surface area contributed by atoms with Crippen LogP contribution in [0.2, 0.25) is 0 Å². The van der Waals surface area contributed by atoms with Crippen molar-refractivity contribution in [3.63, 3.8) is 0 Å². The molecule has 1 aromatic rings. The van der Waals surface area contributed by atoms with E-state index in [-0.39, 0.29) is 5.91 Å². The summed E-state index contributed by atoms with van der Waals surface area (Å²) in [4.78, 5) is 11.6. The van der Waals surface area contributed by atoms with Gasteiger partial charge in [0.05, 0.1) is 6.54 Å². The third kappa shape index (κ3) is 4.61. The minimum absolute atomic E-state index is 0.0944. The SMILES string of the molecule is Cc1ccc(CNC(=O)CCNC(C)C)n1C. The Balaban J connectivity index is 2.26. The van der Waals surface area contributed by atoms with Crippen molar-refractivity contribution < 1.29 is 4.79 Å². The number of carbonyl (C=O) groups is 1. The Morgan fingerprint density at radius 1 is 1.41 bits per heavy atom. The van der Waals surface area contributed by atoms with Crippen LogP contribution in [-0.4, -0.2) is 23.1 Å². The van der Waals surface area contributed by atoms with Crippen molar-refractivity contribution in [2.75, 3.05) is 6.54 Å². The third-order valence-electron chi connectivity index (χ3n) is 2.85. The largest absolute Gasteiger partial charge is 0.350 e. The van der Waals surface area contributed by atoms with E-state index < -0.39 is 0 Å². The highest BCUT2D eigenvalue weighted by molar-refractivity contribution is 5.76. The normalized spacial score (nSPS) is 10.9. The van der Waals surface area contributed by atoms with Gasteiger partial charge in [-0.25, -0.2) is 0 Å². The van der Waals surface area contributed by atoms with Gasteiger partial charge in [0, 0.05) is 37.4 Å². The lowest BCUT2D eigenvalue weighted by Gasteiger charge is -2.09. The maximum Gasteiger partial charge on any atom is 0.221 e. The molecule has 4 heteroatoms. The fourth-order valence-electron chi connectivity index (χ4n) is 1.60. The third-order valence-corrected chi connectivity index (χ3v) is 2.85. The van der Waals surface area contributed by atoms with Gasteiger partial charge in [0.25, 0.3) is 0 Å². The van der Waals surface area contributed by atoms with Gasteiger partial charge in [0.15, 0.2) is 0 Å². The van der Waals surface area contributed by atoms with Crippen molar-refractivity contribution in [1.29, 1.82) is 0 Å². The van der Waals surface area contributed by atoms with E-state index in [0.29, 0.717) is 19.0 Å². The highest BCUT2D eigenvalue weighted by atomic mass is 16.1. The van der Waals surface area contributed by atoms with E-state index >= 15 is 0 Å². The number of carbonyl (C=O) groups excluding carboxylic acids is 1. The van der Waals surface area contributed by atoms with Crippen LogP contribution in [0.3, 0.4) is 0 Å². The van der Waals surface area contributed by atoms with Crippen LogP contribution in [0, 0.1) is 6.92 Å². The zero-order valence-electron chi connectivity index (χ0n) is 11.2. The summed E-state index contributed by atoms with van der Waals surface area (Å²) in [7, 11) is 2.01. The maximum absolute atomic E-state index is 11.6. The standard InChI is InChI=1S/C13H23N3O/c1-10(2)14-8-7-13(17)15-9-12-6-5-11(3)16(12)4/h5-6,10,14H,7-9H2,1-4H3,(H,15,17). The highest BCUT2D eigenvalue weighted by Crippen LogP contribution is 2.04. The second-order valence-corrected chi connectivity index (χ2v) is 4.66. The minimum Gasteiger partial charge on any atom is -0.350 e. The number of aryl methyl sites for hydroxylation is 1. The number of nitrogens with one attached hydrogen (secondary N) is 2. The van der Waals surface area contributed by atoms with E-state index in [1.54, 1.807) is 0 Å². The van der Waals surface area contributed by atoms with Crippen LogP contribution in [0.15, 0.2) is 12.1 Å². The highest BCUT2D eigenvalue weighted by Gasteiger charge is 2.04. The van der Waals surface area contributed by atoms with Crippen molar-refractivity contribution in [2.45, 2.75) is 39.8 Å². The van der Waals surface area contributed by atoms with Gasteiger partial charge in [-0.3, -0.25) is 4.79 Å². The van der Waals surface area contributed by atoms with Crippen molar-refractivity contribution in [3.8, 4) is 0 Å². The van der Waals surface area contributed by atoms with Crippen LogP contribution in [-0.2, 0) is 18.4 Å². The monoisotopic (exact) mass is 237 g/mol. The van der Waals surface area contributed by atoms with Crippen molar-refractivity contribution in [2.24, 2.45) is 7.05 Å². The van der Waals surface area contributed by atoms with E-state index in [2.05, 4.69) is 42.0 Å². The molecule has 0 aliphatic heterocycles. The van der Waals surface area contributed by atoms with Gasteiger partial charge >= 0.3 is 0 Å². The van der Waals surface area contributed by atoms with Crippen LogP contribution in [0.25, 0.3) is 0 Å².